The van der Waals surface area contributed by atoms with E-state index in [1.165, 1.54) is 11.9 Å². The van der Waals surface area contributed by atoms with Crippen LogP contribution >= 0.6 is 22.9 Å². The van der Waals surface area contributed by atoms with Crippen LogP contribution in [0.1, 0.15) is 40.9 Å². The minimum absolute atomic E-state index is 0.00516. The molecule has 0 bridgehead atoms. The van der Waals surface area contributed by atoms with Crippen LogP contribution in [-0.2, 0) is 6.54 Å². The summed E-state index contributed by atoms with van der Waals surface area (Å²) in [4.78, 5) is 32.4. The number of hydrogen-bond acceptors (Lipinski definition) is 5. The predicted molar refractivity (Wildman–Crippen MR) is 150 cm³/mol. The summed E-state index contributed by atoms with van der Waals surface area (Å²) >= 11 is 7.28. The smallest absolute Gasteiger partial charge is 0.407 e. The average Bonchev–Trinajstić information content (AvgIpc) is 3.32. The minimum Gasteiger partial charge on any atom is -0.508 e. The zero-order valence-electron chi connectivity index (χ0n) is 21.5. The number of aromatic hydroxyl groups is 1. The van der Waals surface area contributed by atoms with E-state index in [9.17, 15) is 28.6 Å². The molecule has 2 N–H and O–H groups in total. The van der Waals surface area contributed by atoms with Crippen molar-refractivity contribution in [2.45, 2.75) is 44.3 Å². The van der Waals surface area contributed by atoms with Gasteiger partial charge in [0.15, 0.2) is 0 Å². The van der Waals surface area contributed by atoms with Crippen molar-refractivity contribution in [2.75, 3.05) is 7.05 Å². The summed E-state index contributed by atoms with van der Waals surface area (Å²) in [6, 6.07) is 10.3. The number of amides is 2. The van der Waals surface area contributed by atoms with Crippen LogP contribution in [0.2, 0.25) is 5.02 Å². The van der Waals surface area contributed by atoms with E-state index in [0.29, 0.717) is 31.2 Å². The molecule has 2 aromatic heterocycles. The van der Waals surface area contributed by atoms with Gasteiger partial charge < -0.3 is 20.0 Å². The van der Waals surface area contributed by atoms with Crippen molar-refractivity contribution < 1.29 is 28.6 Å². The van der Waals surface area contributed by atoms with E-state index in [1.54, 1.807) is 35.5 Å². The fourth-order valence-corrected chi connectivity index (χ4v) is 6.77. The molecule has 0 saturated heterocycles. The zero-order chi connectivity index (χ0) is 28.6. The van der Waals surface area contributed by atoms with E-state index < -0.39 is 23.6 Å². The molecule has 1 aliphatic rings. The van der Waals surface area contributed by atoms with Crippen LogP contribution < -0.4 is 0 Å². The van der Waals surface area contributed by atoms with Crippen LogP contribution in [0, 0.1) is 11.6 Å². The number of phenolic OH excluding ortho intramolecular Hbond substituents is 1. The third-order valence-electron chi connectivity index (χ3n) is 7.53. The number of aromatic nitrogens is 1. The molecule has 1 aliphatic carbocycles. The highest BCUT2D eigenvalue weighted by Gasteiger charge is 2.34. The third-order valence-corrected chi connectivity index (χ3v) is 9.20. The van der Waals surface area contributed by atoms with Crippen molar-refractivity contribution in [1.82, 2.24) is 14.8 Å². The van der Waals surface area contributed by atoms with Crippen LogP contribution in [0.25, 0.3) is 21.2 Å². The molecule has 2 heterocycles. The maximum absolute atomic E-state index is 14.6. The Labute approximate surface area is 238 Å². The van der Waals surface area contributed by atoms with Gasteiger partial charge >= 0.3 is 6.09 Å². The van der Waals surface area contributed by atoms with Gasteiger partial charge in [-0.15, -0.1) is 11.3 Å². The second kappa shape index (κ2) is 11.4. The summed E-state index contributed by atoms with van der Waals surface area (Å²) in [5, 5.41) is 19.9. The first-order chi connectivity index (χ1) is 19.2. The standard InChI is InChI=1S/C29H26ClF2N3O4S/c1-34(29(38)39)19-3-5-20(6-4-19)35(15-18-14-17(2-9-23(18)36)16-10-12-33-13-11-16)28(37)27-25(30)24-21(31)7-8-22(32)26(24)40-27/h2,7-14,19-20,36H,3-6,15H2,1H3,(H,38,39). The molecule has 0 unspecified atom stereocenters. The van der Waals surface area contributed by atoms with E-state index in [-0.39, 0.29) is 44.4 Å². The summed E-state index contributed by atoms with van der Waals surface area (Å²) in [7, 11) is 1.53. The Bertz CT molecular complexity index is 1570. The Morgan fingerprint density at radius 2 is 1.65 bits per heavy atom. The van der Waals surface area contributed by atoms with Crippen molar-refractivity contribution in [3.05, 3.63) is 82.0 Å². The van der Waals surface area contributed by atoms with Crippen molar-refractivity contribution in [3.63, 3.8) is 0 Å². The molecule has 1 saturated carbocycles. The van der Waals surface area contributed by atoms with E-state index in [2.05, 4.69) is 4.98 Å². The lowest BCUT2D eigenvalue weighted by molar-refractivity contribution is 0.0555. The molecular weight excluding hydrogens is 560 g/mol. The van der Waals surface area contributed by atoms with Crippen LogP contribution in [-0.4, -0.2) is 56.1 Å². The number of carboxylic acid groups (broad SMARTS) is 1. The SMILES string of the molecule is CN(C(=O)O)C1CCC(N(Cc2cc(-c3ccncc3)ccc2O)C(=O)c2sc3c(F)ccc(F)c3c2Cl)CC1. The first-order valence-electron chi connectivity index (χ1n) is 12.7. The van der Waals surface area contributed by atoms with Gasteiger partial charge in [0.25, 0.3) is 5.91 Å². The number of hydrogen-bond donors (Lipinski definition) is 2. The molecule has 7 nitrogen and oxygen atoms in total. The van der Waals surface area contributed by atoms with Crippen molar-refractivity contribution >= 4 is 45.0 Å². The lowest BCUT2D eigenvalue weighted by Crippen LogP contribution is -2.46. The summed E-state index contributed by atoms with van der Waals surface area (Å²) in [6.07, 6.45) is 4.37. The van der Waals surface area contributed by atoms with E-state index in [1.807, 2.05) is 12.1 Å². The average molecular weight is 586 g/mol. The Hall–Kier alpha value is -3.76. The van der Waals surface area contributed by atoms with Crippen LogP contribution in [0.4, 0.5) is 13.6 Å². The summed E-state index contributed by atoms with van der Waals surface area (Å²) < 4.78 is 29.1. The number of halogens is 3. The van der Waals surface area contributed by atoms with Crippen LogP contribution in [0.5, 0.6) is 5.75 Å². The summed E-state index contributed by atoms with van der Waals surface area (Å²) in [6.45, 7) is 0.0171. The van der Waals surface area contributed by atoms with Gasteiger partial charge in [0.05, 0.1) is 15.1 Å². The van der Waals surface area contributed by atoms with Gasteiger partial charge in [-0.1, -0.05) is 17.7 Å². The lowest BCUT2D eigenvalue weighted by atomic mass is 9.89. The summed E-state index contributed by atoms with van der Waals surface area (Å²) in [5.74, 6) is -1.90. The fraction of sp³-hybridized carbons (Fsp3) is 0.276. The van der Waals surface area contributed by atoms with Crippen LogP contribution in [0.3, 0.4) is 0 Å². The Morgan fingerprint density at radius 3 is 2.30 bits per heavy atom. The number of carbonyl (C=O) groups excluding carboxylic acids is 1. The molecule has 40 heavy (non-hydrogen) atoms. The monoisotopic (exact) mass is 585 g/mol. The van der Waals surface area contributed by atoms with Crippen LogP contribution in [0.15, 0.2) is 54.9 Å². The Balaban J connectivity index is 1.52. The largest absolute Gasteiger partial charge is 0.508 e. The van der Waals surface area contributed by atoms with Gasteiger partial charge in [-0.3, -0.25) is 9.78 Å². The van der Waals surface area contributed by atoms with E-state index >= 15 is 0 Å². The normalized spacial score (nSPS) is 17.1. The highest BCUT2D eigenvalue weighted by Crippen LogP contribution is 2.40. The van der Waals surface area contributed by atoms with Gasteiger partial charge in [0.1, 0.15) is 22.3 Å². The van der Waals surface area contributed by atoms with Crippen molar-refractivity contribution in [2.24, 2.45) is 0 Å². The van der Waals surface area contributed by atoms with E-state index in [4.69, 9.17) is 11.6 Å². The second-order valence-electron chi connectivity index (χ2n) is 9.85. The van der Waals surface area contributed by atoms with Crippen molar-refractivity contribution in [1.29, 1.82) is 0 Å². The van der Waals surface area contributed by atoms with Gasteiger partial charge in [-0.25, -0.2) is 13.6 Å². The van der Waals surface area contributed by atoms with Crippen molar-refractivity contribution in [3.8, 4) is 16.9 Å². The highest BCUT2D eigenvalue weighted by atomic mass is 35.5. The second-order valence-corrected chi connectivity index (χ2v) is 11.2. The maximum atomic E-state index is 14.6. The topological polar surface area (TPSA) is 94.0 Å². The molecule has 11 heteroatoms. The van der Waals surface area contributed by atoms with Gasteiger partial charge in [-0.05, 0) is 73.2 Å². The molecule has 2 aromatic carbocycles. The minimum atomic E-state index is -1.02. The molecule has 0 radical (unpaired) electrons. The molecule has 0 spiro atoms. The molecule has 4 aromatic rings. The van der Waals surface area contributed by atoms with Gasteiger partial charge in [-0.2, -0.15) is 0 Å². The fourth-order valence-electron chi connectivity index (χ4n) is 5.27. The van der Waals surface area contributed by atoms with Gasteiger partial charge in [0, 0.05) is 43.6 Å². The molecule has 208 valence electrons. The first-order valence-corrected chi connectivity index (χ1v) is 13.9. The molecule has 5 rings (SSSR count). The number of thiophene rings is 1. The Kier molecular flexibility index (Phi) is 7.91. The quantitative estimate of drug-likeness (QED) is 0.250. The van der Waals surface area contributed by atoms with Gasteiger partial charge in [0.2, 0.25) is 0 Å². The Morgan fingerprint density at radius 1 is 1.00 bits per heavy atom. The number of pyridine rings is 1. The molecule has 1 fully saturated rings. The predicted octanol–water partition coefficient (Wildman–Crippen LogP) is 7.16. The molecule has 0 atom stereocenters. The number of benzene rings is 2. The number of carbonyl (C=O) groups is 2. The molecule has 0 aliphatic heterocycles. The molecular formula is C29H26ClF2N3O4S. The first kappa shape index (κ1) is 27.8. The number of phenols is 1. The number of fused-ring (bicyclic) bond motifs is 1. The van der Waals surface area contributed by atoms with E-state index in [0.717, 1.165) is 34.6 Å². The number of nitrogens with zero attached hydrogens (tertiary/aromatic N) is 3. The molecule has 2 amide bonds. The summed E-state index contributed by atoms with van der Waals surface area (Å²) in [5.41, 5.74) is 2.19. The maximum Gasteiger partial charge on any atom is 0.407 e. The zero-order valence-corrected chi connectivity index (χ0v) is 23.1. The highest BCUT2D eigenvalue weighted by molar-refractivity contribution is 7.21. The lowest BCUT2D eigenvalue weighted by Gasteiger charge is -2.39. The number of rotatable bonds is 6. The third kappa shape index (κ3) is 5.33.